The van der Waals surface area contributed by atoms with E-state index in [1.54, 1.807) is 0 Å². The number of aliphatic carboxylic acids is 1. The van der Waals surface area contributed by atoms with Crippen molar-refractivity contribution >= 4 is 5.97 Å². The first-order valence-electron chi connectivity index (χ1n) is 4.34. The number of aliphatic hydroxyl groups is 2. The van der Waals surface area contributed by atoms with Crippen LogP contribution < -0.4 is 9.47 Å². The predicted molar refractivity (Wildman–Crippen MR) is 53.3 cm³/mol. The molecule has 0 saturated heterocycles. The molecule has 1 aromatic carbocycles. The summed E-state index contributed by atoms with van der Waals surface area (Å²) in [5.74, 6) is -4.62. The van der Waals surface area contributed by atoms with Crippen molar-refractivity contribution in [1.82, 2.24) is 0 Å². The van der Waals surface area contributed by atoms with Gasteiger partial charge in [-0.25, -0.2) is 4.79 Å². The van der Waals surface area contributed by atoms with Crippen LogP contribution in [0.2, 0.25) is 0 Å². The Kier molecular flexibility index (Phi) is 3.36. The number of rotatable bonds is 4. The lowest BCUT2D eigenvalue weighted by Gasteiger charge is -2.20. The van der Waals surface area contributed by atoms with Gasteiger partial charge in [0.2, 0.25) is 0 Å². The summed E-state index contributed by atoms with van der Waals surface area (Å²) in [6.07, 6.45) is 0. The summed E-state index contributed by atoms with van der Waals surface area (Å²) in [7, 11) is 2.64. The lowest BCUT2D eigenvalue weighted by atomic mass is 10.0. The number of carboxylic acids is 1. The number of carbonyl (C=O) groups is 1. The smallest absolute Gasteiger partial charge is 0.369 e. The molecule has 0 aliphatic carbocycles. The second-order valence-electron chi connectivity index (χ2n) is 3.02. The molecule has 1 rings (SSSR count). The predicted octanol–water partition coefficient (Wildman–Crippen LogP) is -0.0742. The molecular formula is C10H12O6. The number of hydrogen-bond donors (Lipinski definition) is 3. The molecule has 0 spiro atoms. The second kappa shape index (κ2) is 4.38. The molecule has 0 heterocycles. The molecule has 0 aromatic heterocycles. The highest BCUT2D eigenvalue weighted by atomic mass is 16.5. The van der Waals surface area contributed by atoms with Crippen molar-refractivity contribution in [2.45, 2.75) is 5.79 Å². The van der Waals surface area contributed by atoms with Crippen molar-refractivity contribution in [1.29, 1.82) is 0 Å². The van der Waals surface area contributed by atoms with Gasteiger partial charge in [0.15, 0.2) is 11.5 Å². The average molecular weight is 228 g/mol. The minimum atomic E-state index is -3.01. The number of methoxy groups -OCH3 is 2. The fourth-order valence-corrected chi connectivity index (χ4v) is 1.28. The van der Waals surface area contributed by atoms with Crippen LogP contribution in [-0.4, -0.2) is 35.5 Å². The van der Waals surface area contributed by atoms with E-state index in [0.29, 0.717) is 0 Å². The summed E-state index contributed by atoms with van der Waals surface area (Å²) in [5.41, 5.74) is -0.290. The van der Waals surface area contributed by atoms with E-state index in [1.807, 2.05) is 0 Å². The van der Waals surface area contributed by atoms with Gasteiger partial charge in [0.05, 0.1) is 19.8 Å². The number of ether oxygens (including phenoxy) is 2. The van der Waals surface area contributed by atoms with Crippen LogP contribution in [0.1, 0.15) is 5.56 Å². The maximum absolute atomic E-state index is 10.7. The maximum Gasteiger partial charge on any atom is 0.369 e. The number of para-hydroxylation sites is 1. The van der Waals surface area contributed by atoms with Gasteiger partial charge in [0.1, 0.15) is 0 Å². The molecule has 3 N–H and O–H groups in total. The normalized spacial score (nSPS) is 11.0. The van der Waals surface area contributed by atoms with E-state index in [1.165, 1.54) is 32.4 Å². The Morgan fingerprint density at radius 3 is 2.31 bits per heavy atom. The van der Waals surface area contributed by atoms with Crippen LogP contribution in [0.25, 0.3) is 0 Å². The molecule has 88 valence electrons. The Labute approximate surface area is 91.7 Å². The molecule has 0 fully saturated rings. The van der Waals surface area contributed by atoms with Gasteiger partial charge in [-0.1, -0.05) is 6.07 Å². The summed E-state index contributed by atoms with van der Waals surface area (Å²) in [6.45, 7) is 0. The van der Waals surface area contributed by atoms with Crippen LogP contribution in [0.15, 0.2) is 18.2 Å². The molecular weight excluding hydrogens is 216 g/mol. The number of hydrogen-bond acceptors (Lipinski definition) is 5. The van der Waals surface area contributed by atoms with Crippen molar-refractivity contribution in [3.8, 4) is 11.5 Å². The molecule has 0 aliphatic rings. The van der Waals surface area contributed by atoms with Crippen LogP contribution >= 0.6 is 0 Å². The molecule has 0 radical (unpaired) electrons. The summed E-state index contributed by atoms with van der Waals surface area (Å²) in [4.78, 5) is 10.7. The Morgan fingerprint density at radius 2 is 1.88 bits per heavy atom. The lowest BCUT2D eigenvalue weighted by Crippen LogP contribution is -2.35. The van der Waals surface area contributed by atoms with Gasteiger partial charge in [-0.15, -0.1) is 0 Å². The standard InChI is InChI=1S/C10H12O6/c1-15-7-5-3-4-6(8(7)16-2)10(13,14)9(11)12/h3-5,13-14H,1-2H3,(H,11,12). The minimum Gasteiger partial charge on any atom is -0.493 e. The van der Waals surface area contributed by atoms with Crippen molar-refractivity contribution in [2.24, 2.45) is 0 Å². The van der Waals surface area contributed by atoms with Crippen molar-refractivity contribution in [3.05, 3.63) is 23.8 Å². The summed E-state index contributed by atoms with van der Waals surface area (Å²) < 4.78 is 9.81. The molecule has 0 bridgehead atoms. The van der Waals surface area contributed by atoms with Gasteiger partial charge in [0.25, 0.3) is 5.79 Å². The zero-order valence-electron chi connectivity index (χ0n) is 8.80. The van der Waals surface area contributed by atoms with E-state index in [9.17, 15) is 15.0 Å². The van der Waals surface area contributed by atoms with E-state index in [0.717, 1.165) is 0 Å². The van der Waals surface area contributed by atoms with E-state index >= 15 is 0 Å². The van der Waals surface area contributed by atoms with E-state index in [2.05, 4.69) is 0 Å². The van der Waals surface area contributed by atoms with Crippen LogP contribution in [0.4, 0.5) is 0 Å². The SMILES string of the molecule is COc1cccc(C(O)(O)C(=O)O)c1OC. The van der Waals surface area contributed by atoms with E-state index in [-0.39, 0.29) is 17.1 Å². The van der Waals surface area contributed by atoms with Crippen molar-refractivity contribution in [3.63, 3.8) is 0 Å². The quantitative estimate of drug-likeness (QED) is 0.624. The third kappa shape index (κ3) is 1.93. The van der Waals surface area contributed by atoms with Crippen LogP contribution in [0.3, 0.4) is 0 Å². The Bertz CT molecular complexity index is 398. The van der Waals surface area contributed by atoms with Gasteiger partial charge in [0, 0.05) is 0 Å². The van der Waals surface area contributed by atoms with Crippen LogP contribution in [0, 0.1) is 0 Å². The molecule has 0 amide bonds. The monoisotopic (exact) mass is 228 g/mol. The molecule has 0 saturated carbocycles. The Morgan fingerprint density at radius 1 is 1.25 bits per heavy atom. The molecule has 6 heteroatoms. The van der Waals surface area contributed by atoms with Gasteiger partial charge < -0.3 is 24.8 Å². The summed E-state index contributed by atoms with van der Waals surface area (Å²) >= 11 is 0. The minimum absolute atomic E-state index is 0.0302. The average Bonchev–Trinajstić information content (AvgIpc) is 2.27. The van der Waals surface area contributed by atoms with Gasteiger partial charge in [-0.3, -0.25) is 0 Å². The third-order valence-electron chi connectivity index (χ3n) is 2.08. The summed E-state index contributed by atoms with van der Waals surface area (Å²) in [5, 5.41) is 27.5. The highest BCUT2D eigenvalue weighted by molar-refractivity contribution is 5.78. The largest absolute Gasteiger partial charge is 0.493 e. The first-order valence-corrected chi connectivity index (χ1v) is 4.34. The first-order chi connectivity index (χ1) is 7.45. The molecule has 6 nitrogen and oxygen atoms in total. The van der Waals surface area contributed by atoms with Crippen molar-refractivity contribution in [2.75, 3.05) is 14.2 Å². The maximum atomic E-state index is 10.7. The molecule has 0 unspecified atom stereocenters. The first kappa shape index (κ1) is 12.3. The van der Waals surface area contributed by atoms with Crippen LogP contribution in [0.5, 0.6) is 11.5 Å². The number of carboxylic acid groups (broad SMARTS) is 1. The molecule has 0 aliphatic heterocycles. The fourth-order valence-electron chi connectivity index (χ4n) is 1.28. The fraction of sp³-hybridized carbons (Fsp3) is 0.300. The zero-order valence-corrected chi connectivity index (χ0v) is 8.80. The van der Waals surface area contributed by atoms with Gasteiger partial charge >= 0.3 is 5.97 Å². The zero-order chi connectivity index (χ0) is 12.3. The van der Waals surface area contributed by atoms with Gasteiger partial charge in [-0.05, 0) is 12.1 Å². The lowest BCUT2D eigenvalue weighted by molar-refractivity contribution is -0.208. The highest BCUT2D eigenvalue weighted by Gasteiger charge is 2.39. The van der Waals surface area contributed by atoms with Crippen LogP contribution in [-0.2, 0) is 10.6 Å². The topological polar surface area (TPSA) is 96.2 Å². The van der Waals surface area contributed by atoms with E-state index in [4.69, 9.17) is 14.6 Å². The van der Waals surface area contributed by atoms with E-state index < -0.39 is 11.8 Å². The molecule has 1 aromatic rings. The van der Waals surface area contributed by atoms with Crippen molar-refractivity contribution < 1.29 is 29.6 Å². The molecule has 0 atom stereocenters. The third-order valence-corrected chi connectivity index (χ3v) is 2.08. The highest BCUT2D eigenvalue weighted by Crippen LogP contribution is 2.36. The number of benzene rings is 1. The Hall–Kier alpha value is -1.79. The second-order valence-corrected chi connectivity index (χ2v) is 3.02. The Balaban J connectivity index is 3.39. The molecule has 16 heavy (non-hydrogen) atoms. The summed E-state index contributed by atoms with van der Waals surface area (Å²) in [6, 6.07) is 4.18. The van der Waals surface area contributed by atoms with Gasteiger partial charge in [-0.2, -0.15) is 0 Å².